The van der Waals surface area contributed by atoms with Crippen molar-refractivity contribution in [1.29, 1.82) is 0 Å². The van der Waals surface area contributed by atoms with E-state index in [2.05, 4.69) is 510 Å². The van der Waals surface area contributed by atoms with Gasteiger partial charge in [-0.2, -0.15) is 0 Å². The maximum Gasteiger partial charge on any atom is 0.0131 e. The first kappa shape index (κ1) is 77.4. The van der Waals surface area contributed by atoms with Gasteiger partial charge in [0, 0.05) is 11.8 Å². The largest absolute Gasteiger partial charge is 0.0761 e. The number of hydrogen-bond donors (Lipinski definition) is 0. The van der Waals surface area contributed by atoms with Gasteiger partial charge in [-0.05, 0) is 324 Å². The van der Waals surface area contributed by atoms with Gasteiger partial charge >= 0.3 is 0 Å². The Morgan fingerprint density at radius 3 is 0.561 bits per heavy atom. The van der Waals surface area contributed by atoms with E-state index in [4.69, 9.17) is 0 Å². The summed E-state index contributed by atoms with van der Waals surface area (Å²) in [6, 6.07) is 178. The minimum absolute atomic E-state index is 0.392. The van der Waals surface area contributed by atoms with E-state index in [9.17, 15) is 0 Å². The molecule has 25 aromatic rings. The molecule has 0 N–H and O–H groups in total. The molecule has 2 atom stereocenters. The second-order valence-corrected chi connectivity index (χ2v) is 35.5. The highest BCUT2D eigenvalue weighted by Gasteiger charge is 2.32. The minimum Gasteiger partial charge on any atom is -0.0761 e. The van der Waals surface area contributed by atoms with E-state index >= 15 is 0 Å². The number of hydrogen-bond acceptors (Lipinski definition) is 0. The van der Waals surface area contributed by atoms with Gasteiger partial charge in [-0.1, -0.05) is 437 Å². The van der Waals surface area contributed by atoms with Crippen molar-refractivity contribution < 1.29 is 0 Å². The standard InChI is InChI=1S/C48H30.2C42H28/c1-3-19-41-37(15-1)39-17-5-7-21-43(39)47-29-35(23-25-45(41)47)33-13-9-11-31(27-33)32-12-10-14-34(28-32)36-24-26-46-42-20-4-2-16-38(42)40-18-6-8-22-44(40)48(46)30-36;1-3-16-35-31(12-1)33-14-5-7-18-37(33)41-25-29(20-22-39(35)41)27-10-9-11-28(24-27)30-21-23-40-36-17-4-2-13-32(36)34-15-6-8-19-38(34)42(40)26-30;1-3-12-29(13-4-1)34-25-35(30-14-5-2-6-15-30)27-36(26-34)32-17-11-16-31(24-32)33-22-23-41-39-20-8-7-18-37(39)38-19-9-10-21-40(38)42(41)28-33/h1-30H;1-26,31,35H;1-28H. The third-order valence-electron chi connectivity index (χ3n) is 28.1. The molecule has 0 saturated heterocycles. The van der Waals surface area contributed by atoms with Crippen molar-refractivity contribution in [3.05, 3.63) is 521 Å². The van der Waals surface area contributed by atoms with Crippen LogP contribution in [0.3, 0.4) is 0 Å². The third kappa shape index (κ3) is 13.7. The zero-order valence-corrected chi connectivity index (χ0v) is 72.7. The van der Waals surface area contributed by atoms with Gasteiger partial charge in [-0.25, -0.2) is 0 Å². The van der Waals surface area contributed by atoms with Crippen molar-refractivity contribution in [2.24, 2.45) is 0 Å². The van der Waals surface area contributed by atoms with E-state index in [1.54, 1.807) is 0 Å². The summed E-state index contributed by atoms with van der Waals surface area (Å²) in [7, 11) is 0. The molecule has 0 bridgehead atoms. The van der Waals surface area contributed by atoms with Crippen LogP contribution in [0.4, 0.5) is 0 Å². The molecule has 2 aliphatic rings. The highest BCUT2D eigenvalue weighted by Crippen LogP contribution is 2.52. The molecule has 25 aromatic carbocycles. The van der Waals surface area contributed by atoms with Crippen LogP contribution in [0.15, 0.2) is 510 Å². The lowest BCUT2D eigenvalue weighted by Crippen LogP contribution is -2.16. The molecule has 0 radical (unpaired) electrons. The van der Waals surface area contributed by atoms with E-state index < -0.39 is 0 Å². The maximum atomic E-state index is 2.41. The van der Waals surface area contributed by atoms with Crippen LogP contribution < -0.4 is 0 Å². The smallest absolute Gasteiger partial charge is 0.0131 e. The zero-order chi connectivity index (χ0) is 87.1. The molecule has 0 fully saturated rings. The Morgan fingerprint density at radius 1 is 0.0985 bits per heavy atom. The van der Waals surface area contributed by atoms with Crippen LogP contribution in [0, 0.1) is 0 Å². The zero-order valence-electron chi connectivity index (χ0n) is 72.7. The van der Waals surface area contributed by atoms with Crippen molar-refractivity contribution in [3.63, 3.8) is 0 Å². The molecule has 0 spiro atoms. The van der Waals surface area contributed by atoms with Crippen molar-refractivity contribution in [1.82, 2.24) is 0 Å². The van der Waals surface area contributed by atoms with Crippen molar-refractivity contribution >= 4 is 129 Å². The Morgan fingerprint density at radius 2 is 0.280 bits per heavy atom. The lowest BCUT2D eigenvalue weighted by Gasteiger charge is -2.34. The number of allylic oxidation sites excluding steroid dienone is 4. The van der Waals surface area contributed by atoms with Gasteiger partial charge in [0.25, 0.3) is 0 Å². The molecule has 614 valence electrons. The lowest BCUT2D eigenvalue weighted by molar-refractivity contribution is 0.720. The molecular formula is C132H86. The highest BCUT2D eigenvalue weighted by molar-refractivity contribution is 6.30. The summed E-state index contributed by atoms with van der Waals surface area (Å²) < 4.78 is 0. The molecule has 0 aliphatic heterocycles. The van der Waals surface area contributed by atoms with Crippen LogP contribution >= 0.6 is 0 Å². The molecule has 132 heavy (non-hydrogen) atoms. The summed E-state index contributed by atoms with van der Waals surface area (Å²) in [5.41, 5.74) is 27.7. The monoisotopic (exact) mass is 1670 g/mol. The van der Waals surface area contributed by atoms with Crippen LogP contribution in [-0.4, -0.2) is 0 Å². The van der Waals surface area contributed by atoms with E-state index in [1.165, 1.54) is 252 Å². The molecule has 0 amide bonds. The molecule has 0 saturated carbocycles. The number of benzene rings is 25. The fraction of sp³-hybridized carbons (Fsp3) is 0.0152. The first-order valence-electron chi connectivity index (χ1n) is 46.1. The van der Waals surface area contributed by atoms with E-state index in [1.807, 2.05) is 0 Å². The Bertz CT molecular complexity index is 8630. The maximum absolute atomic E-state index is 2.41. The molecule has 0 heterocycles. The van der Waals surface area contributed by atoms with E-state index in [0.29, 0.717) is 11.8 Å². The van der Waals surface area contributed by atoms with Gasteiger partial charge in [-0.3, -0.25) is 0 Å². The Balaban J connectivity index is 0.000000107. The first-order valence-corrected chi connectivity index (χ1v) is 46.1. The predicted molar refractivity (Wildman–Crippen MR) is 568 cm³/mol. The van der Waals surface area contributed by atoms with Gasteiger partial charge in [0.05, 0.1) is 0 Å². The molecule has 2 unspecified atom stereocenters. The summed E-state index contributed by atoms with van der Waals surface area (Å²) in [4.78, 5) is 0. The Hall–Kier alpha value is -16.9. The van der Waals surface area contributed by atoms with E-state index in [-0.39, 0.29) is 0 Å². The molecule has 27 rings (SSSR count). The quantitative estimate of drug-likeness (QED) is 0.126. The number of rotatable bonds is 9. The van der Waals surface area contributed by atoms with Crippen LogP contribution in [0.2, 0.25) is 0 Å². The normalized spacial score (nSPS) is 13.2. The second kappa shape index (κ2) is 32.8. The average Bonchev–Trinajstić information content (AvgIpc) is 0.759. The lowest BCUT2D eigenvalue weighted by atomic mass is 9.69. The first-order chi connectivity index (χ1) is 65.4. The predicted octanol–water partition coefficient (Wildman–Crippen LogP) is 36.9. The number of fused-ring (bicyclic) bond motifs is 30. The van der Waals surface area contributed by atoms with Crippen molar-refractivity contribution in [2.75, 3.05) is 0 Å². The summed E-state index contributed by atoms with van der Waals surface area (Å²) in [5.74, 6) is 0.803. The molecular weight excluding hydrogens is 1590 g/mol. The van der Waals surface area contributed by atoms with Crippen LogP contribution in [-0.2, 0) is 0 Å². The van der Waals surface area contributed by atoms with Gasteiger partial charge in [0.1, 0.15) is 0 Å². The Kier molecular flexibility index (Phi) is 19.2. The van der Waals surface area contributed by atoms with Gasteiger partial charge in [0.15, 0.2) is 0 Å². The molecule has 0 nitrogen and oxygen atoms in total. The summed E-state index contributed by atoms with van der Waals surface area (Å²) in [5, 5.41) is 31.3. The fourth-order valence-corrected chi connectivity index (χ4v) is 21.7. The third-order valence-corrected chi connectivity index (χ3v) is 28.1. The highest BCUT2D eigenvalue weighted by atomic mass is 14.4. The SMILES string of the molecule is C1=CC2c3ccccc3-c3cc(-c4cccc(-c5ccc6c7ccccc7c7ccccc7c6c5)c4)ccc3C2C=C1.c1cc(-c2cccc(-c3ccc4c5ccccc5c5ccccc5c4c3)c2)cc(-c2ccc3c4ccccc4c4ccccc4c3c2)c1.c1ccc(-c2cc(-c3ccccc3)cc(-c3cccc(-c4ccc5c6ccccc6c6ccccc6c5c4)c3)c2)cc1. The van der Waals surface area contributed by atoms with E-state index in [0.717, 1.165) is 0 Å². The fourth-order valence-electron chi connectivity index (χ4n) is 21.7. The van der Waals surface area contributed by atoms with Gasteiger partial charge in [0.2, 0.25) is 0 Å². The average molecular weight is 1670 g/mol. The molecule has 0 heteroatoms. The van der Waals surface area contributed by atoms with Crippen LogP contribution in [0.1, 0.15) is 23.0 Å². The summed E-state index contributed by atoms with van der Waals surface area (Å²) >= 11 is 0. The van der Waals surface area contributed by atoms with Gasteiger partial charge < -0.3 is 0 Å². The summed E-state index contributed by atoms with van der Waals surface area (Å²) in [6.45, 7) is 0. The van der Waals surface area contributed by atoms with Crippen LogP contribution in [0.5, 0.6) is 0 Å². The molecule has 0 aromatic heterocycles. The summed E-state index contributed by atoms with van der Waals surface area (Å²) in [6.07, 6.45) is 9.12. The topological polar surface area (TPSA) is 0 Å². The van der Waals surface area contributed by atoms with Crippen molar-refractivity contribution in [3.8, 4) is 111 Å². The second-order valence-electron chi connectivity index (χ2n) is 35.5. The minimum atomic E-state index is 0.392. The van der Waals surface area contributed by atoms with Crippen molar-refractivity contribution in [2.45, 2.75) is 11.8 Å². The van der Waals surface area contributed by atoms with Crippen LogP contribution in [0.25, 0.3) is 241 Å². The Labute approximate surface area is 767 Å². The molecule has 2 aliphatic carbocycles. The van der Waals surface area contributed by atoms with Gasteiger partial charge in [-0.15, -0.1) is 0 Å².